The Bertz CT molecular complexity index is 633. The molecule has 0 heterocycles. The molecule has 5 N–H and O–H groups in total. The summed E-state index contributed by atoms with van der Waals surface area (Å²) in [6.07, 6.45) is 0. The topological polar surface area (TPSA) is 140 Å². The second-order valence-electron chi connectivity index (χ2n) is 5.66. The third-order valence-electron chi connectivity index (χ3n) is 3.26. The Morgan fingerprint density at radius 1 is 1.00 bits per heavy atom. The first-order chi connectivity index (χ1) is 12.3. The number of ether oxygens (including phenoxy) is 1. The van der Waals surface area contributed by atoms with Crippen molar-refractivity contribution in [3.8, 4) is 0 Å². The highest BCUT2D eigenvalue weighted by atomic mass is 16.5. The lowest BCUT2D eigenvalue weighted by Gasteiger charge is -2.14. The van der Waals surface area contributed by atoms with Crippen LogP contribution in [0.1, 0.15) is 19.4 Å². The molecule has 0 saturated carbocycles. The minimum Gasteiger partial charge on any atom is -0.460 e. The summed E-state index contributed by atoms with van der Waals surface area (Å²) in [7, 11) is 0. The maximum Gasteiger partial charge on any atom is 0.325 e. The number of rotatable bonds is 9. The lowest BCUT2D eigenvalue weighted by Crippen LogP contribution is -2.50. The van der Waals surface area contributed by atoms with Gasteiger partial charge in [0.1, 0.15) is 19.2 Å². The van der Waals surface area contributed by atoms with Gasteiger partial charge in [0.2, 0.25) is 17.7 Å². The fraction of sp³-hybridized carbons (Fsp3) is 0.412. The lowest BCUT2D eigenvalue weighted by atomic mass is 10.2. The van der Waals surface area contributed by atoms with E-state index in [1.807, 2.05) is 30.3 Å². The number of nitrogens with two attached hydrogens (primary N) is 1. The predicted molar refractivity (Wildman–Crippen MR) is 93.5 cm³/mol. The van der Waals surface area contributed by atoms with Gasteiger partial charge in [0, 0.05) is 0 Å². The summed E-state index contributed by atoms with van der Waals surface area (Å²) in [6, 6.07) is 7.52. The van der Waals surface area contributed by atoms with Crippen molar-refractivity contribution in [1.82, 2.24) is 16.0 Å². The Labute approximate surface area is 151 Å². The maximum absolute atomic E-state index is 11.9. The first-order valence-corrected chi connectivity index (χ1v) is 8.09. The molecule has 0 fully saturated rings. The summed E-state index contributed by atoms with van der Waals surface area (Å²) >= 11 is 0. The van der Waals surface area contributed by atoms with Crippen molar-refractivity contribution in [3.05, 3.63) is 35.9 Å². The van der Waals surface area contributed by atoms with E-state index < -0.39 is 35.8 Å². The van der Waals surface area contributed by atoms with E-state index in [0.29, 0.717) is 0 Å². The lowest BCUT2D eigenvalue weighted by molar-refractivity contribution is -0.145. The minimum absolute atomic E-state index is 0.112. The first-order valence-electron chi connectivity index (χ1n) is 8.09. The van der Waals surface area contributed by atoms with Gasteiger partial charge >= 0.3 is 5.97 Å². The van der Waals surface area contributed by atoms with E-state index in [4.69, 9.17) is 10.5 Å². The molecule has 1 aromatic carbocycles. The van der Waals surface area contributed by atoms with Crippen LogP contribution in [0, 0.1) is 0 Å². The van der Waals surface area contributed by atoms with Crippen LogP contribution in [0.15, 0.2) is 30.3 Å². The van der Waals surface area contributed by atoms with Gasteiger partial charge in [-0.15, -0.1) is 0 Å². The van der Waals surface area contributed by atoms with Crippen molar-refractivity contribution < 1.29 is 23.9 Å². The molecule has 9 heteroatoms. The smallest absolute Gasteiger partial charge is 0.325 e. The van der Waals surface area contributed by atoms with Crippen molar-refractivity contribution in [2.75, 3.05) is 13.1 Å². The van der Waals surface area contributed by atoms with Crippen LogP contribution in [0.2, 0.25) is 0 Å². The van der Waals surface area contributed by atoms with Crippen molar-refractivity contribution in [1.29, 1.82) is 0 Å². The molecule has 1 rings (SSSR count). The Morgan fingerprint density at radius 2 is 1.62 bits per heavy atom. The van der Waals surface area contributed by atoms with Crippen molar-refractivity contribution in [3.63, 3.8) is 0 Å². The summed E-state index contributed by atoms with van der Waals surface area (Å²) in [5.41, 5.74) is 6.18. The van der Waals surface area contributed by atoms with E-state index >= 15 is 0 Å². The second-order valence-corrected chi connectivity index (χ2v) is 5.66. The average molecular weight is 364 g/mol. The van der Waals surface area contributed by atoms with Gasteiger partial charge in [-0.1, -0.05) is 30.3 Å². The van der Waals surface area contributed by atoms with Gasteiger partial charge in [-0.2, -0.15) is 0 Å². The van der Waals surface area contributed by atoms with E-state index in [9.17, 15) is 19.2 Å². The molecule has 0 aliphatic carbocycles. The number of amides is 3. The molecule has 3 amide bonds. The first kappa shape index (κ1) is 21.1. The molecule has 0 bridgehead atoms. The third-order valence-corrected chi connectivity index (χ3v) is 3.26. The molecule has 0 unspecified atom stereocenters. The van der Waals surface area contributed by atoms with Crippen LogP contribution >= 0.6 is 0 Å². The van der Waals surface area contributed by atoms with Gasteiger partial charge in [-0.05, 0) is 19.4 Å². The van der Waals surface area contributed by atoms with E-state index in [1.54, 1.807) is 0 Å². The van der Waals surface area contributed by atoms with Crippen molar-refractivity contribution >= 4 is 23.7 Å². The summed E-state index contributed by atoms with van der Waals surface area (Å²) in [5, 5.41) is 7.10. The largest absolute Gasteiger partial charge is 0.460 e. The zero-order valence-electron chi connectivity index (χ0n) is 14.8. The van der Waals surface area contributed by atoms with Crippen LogP contribution in [0.25, 0.3) is 0 Å². The highest BCUT2D eigenvalue weighted by Crippen LogP contribution is 2.00. The Kier molecular flexibility index (Phi) is 8.79. The number of hydrogen-bond donors (Lipinski definition) is 4. The molecule has 26 heavy (non-hydrogen) atoms. The zero-order valence-corrected chi connectivity index (χ0v) is 14.8. The van der Waals surface area contributed by atoms with E-state index in [0.717, 1.165) is 5.56 Å². The van der Waals surface area contributed by atoms with E-state index in [-0.39, 0.29) is 19.7 Å². The molecule has 0 spiro atoms. The summed E-state index contributed by atoms with van der Waals surface area (Å²) < 4.78 is 5.03. The molecule has 0 aliphatic heterocycles. The van der Waals surface area contributed by atoms with Crippen LogP contribution in [-0.4, -0.2) is 48.9 Å². The molecule has 0 saturated heterocycles. The van der Waals surface area contributed by atoms with Gasteiger partial charge < -0.3 is 26.4 Å². The number of nitrogens with one attached hydrogen (secondary N) is 3. The van der Waals surface area contributed by atoms with Crippen LogP contribution < -0.4 is 21.7 Å². The standard InChI is InChI=1S/C17H24N4O5/c1-11(18)16(24)19-8-14(22)21-12(2)17(25)20-9-15(23)26-10-13-6-4-3-5-7-13/h3-7,11-12H,8-10,18H2,1-2H3,(H,19,24)(H,20,25)(H,21,22)/t11-,12-/m0/s1. The molecular weight excluding hydrogens is 340 g/mol. The van der Waals surface area contributed by atoms with Crippen molar-refractivity contribution in [2.45, 2.75) is 32.5 Å². The third kappa shape index (κ3) is 8.25. The number of esters is 1. The van der Waals surface area contributed by atoms with Gasteiger partial charge in [0.25, 0.3) is 0 Å². The molecule has 1 aromatic rings. The molecule has 0 aliphatic rings. The number of carbonyl (C=O) groups excluding carboxylic acids is 4. The second kappa shape index (κ2) is 10.8. The van der Waals surface area contributed by atoms with Crippen LogP contribution in [-0.2, 0) is 30.5 Å². The predicted octanol–water partition coefficient (Wildman–Crippen LogP) is -1.19. The van der Waals surface area contributed by atoms with Gasteiger partial charge in [0.15, 0.2) is 0 Å². The molecule has 0 radical (unpaired) electrons. The summed E-state index contributed by atoms with van der Waals surface area (Å²) in [6.45, 7) is 2.45. The van der Waals surface area contributed by atoms with E-state index in [1.165, 1.54) is 13.8 Å². The Balaban J connectivity index is 2.25. The molecular formula is C17H24N4O5. The quantitative estimate of drug-likeness (QED) is 0.407. The van der Waals surface area contributed by atoms with Crippen molar-refractivity contribution in [2.24, 2.45) is 5.73 Å². The SMILES string of the molecule is C[C@H](N)C(=O)NCC(=O)N[C@@H](C)C(=O)NCC(=O)OCc1ccccc1. The van der Waals surface area contributed by atoms with Crippen LogP contribution in [0.5, 0.6) is 0 Å². The summed E-state index contributed by atoms with van der Waals surface area (Å²) in [4.78, 5) is 46.4. The monoisotopic (exact) mass is 364 g/mol. The van der Waals surface area contributed by atoms with E-state index in [2.05, 4.69) is 16.0 Å². The minimum atomic E-state index is -0.878. The van der Waals surface area contributed by atoms with Gasteiger partial charge in [-0.3, -0.25) is 19.2 Å². The van der Waals surface area contributed by atoms with Gasteiger partial charge in [-0.25, -0.2) is 0 Å². The fourth-order valence-corrected chi connectivity index (χ4v) is 1.79. The highest BCUT2D eigenvalue weighted by molar-refractivity contribution is 5.91. The molecule has 142 valence electrons. The molecule has 0 aromatic heterocycles. The van der Waals surface area contributed by atoms with Gasteiger partial charge in [0.05, 0.1) is 12.6 Å². The number of hydrogen-bond acceptors (Lipinski definition) is 6. The average Bonchev–Trinajstić information content (AvgIpc) is 2.62. The fourth-order valence-electron chi connectivity index (χ4n) is 1.79. The highest BCUT2D eigenvalue weighted by Gasteiger charge is 2.17. The van der Waals surface area contributed by atoms with Crippen LogP contribution in [0.3, 0.4) is 0 Å². The maximum atomic E-state index is 11.9. The number of carbonyl (C=O) groups is 4. The van der Waals surface area contributed by atoms with Crippen LogP contribution in [0.4, 0.5) is 0 Å². The summed E-state index contributed by atoms with van der Waals surface area (Å²) in [5.74, 6) is -2.16. The normalized spacial score (nSPS) is 12.4. The Hall–Kier alpha value is -2.94. The zero-order chi connectivity index (χ0) is 19.5. The number of benzene rings is 1. The molecule has 2 atom stereocenters. The molecule has 9 nitrogen and oxygen atoms in total. The Morgan fingerprint density at radius 3 is 2.23 bits per heavy atom.